The van der Waals surface area contributed by atoms with Gasteiger partial charge in [0.15, 0.2) is 0 Å². The zero-order valence-corrected chi connectivity index (χ0v) is 18.8. The maximum absolute atomic E-state index is 13.5. The summed E-state index contributed by atoms with van der Waals surface area (Å²) in [7, 11) is 1.17. The number of ether oxygens (including phenoxy) is 1. The third kappa shape index (κ3) is 7.04. The quantitative estimate of drug-likeness (QED) is 0.588. The number of alkyl halides is 3. The Morgan fingerprint density at radius 2 is 1.71 bits per heavy atom. The molecule has 0 bridgehead atoms. The number of nitrogens with one attached hydrogen (secondary N) is 2. The number of hydrogen-bond acceptors (Lipinski definition) is 4. The molecule has 0 aromatic heterocycles. The van der Waals surface area contributed by atoms with E-state index in [0.717, 1.165) is 0 Å². The molecule has 176 valence electrons. The molecule has 0 aliphatic carbocycles. The molecule has 1 rings (SSSR count). The second-order valence-electron chi connectivity index (χ2n) is 8.24. The lowest BCUT2D eigenvalue weighted by Crippen LogP contribution is -2.57. The third-order valence-electron chi connectivity index (χ3n) is 5.27. The number of carbonyl (C=O) groups excluding carboxylic acids is 3. The van der Waals surface area contributed by atoms with E-state index in [4.69, 9.17) is 0 Å². The van der Waals surface area contributed by atoms with E-state index in [1.807, 2.05) is 0 Å². The number of methoxy groups -OCH3 is 1. The number of alkyl carbamates (subject to hydrolysis) is 1. The first-order valence-corrected chi connectivity index (χ1v) is 10.3. The fourth-order valence-corrected chi connectivity index (χ4v) is 3.61. The number of likely N-dealkylation sites (tertiary alicyclic amines) is 1. The molecular weight excluding hydrogens is 415 g/mol. The average Bonchev–Trinajstić information content (AvgIpc) is 3.16. The van der Waals surface area contributed by atoms with Crippen LogP contribution in [0.1, 0.15) is 47.5 Å². The third-order valence-corrected chi connectivity index (χ3v) is 5.27. The van der Waals surface area contributed by atoms with Gasteiger partial charge in [0.2, 0.25) is 11.8 Å². The first-order chi connectivity index (χ1) is 14.3. The Morgan fingerprint density at radius 3 is 2.16 bits per heavy atom. The predicted molar refractivity (Wildman–Crippen MR) is 109 cm³/mol. The van der Waals surface area contributed by atoms with E-state index < -0.39 is 54.0 Å². The van der Waals surface area contributed by atoms with Gasteiger partial charge in [0.1, 0.15) is 18.0 Å². The van der Waals surface area contributed by atoms with Crippen LogP contribution in [0.15, 0.2) is 0 Å². The van der Waals surface area contributed by atoms with Crippen LogP contribution in [-0.4, -0.2) is 60.8 Å². The highest BCUT2D eigenvalue weighted by Crippen LogP contribution is 2.32. The molecule has 1 saturated heterocycles. The van der Waals surface area contributed by atoms with Crippen LogP contribution in [0.5, 0.6) is 0 Å². The number of amides is 3. The standard InChI is InChI=1S/C21H32F3N3O4/c1-7-9-14(21(22,23)24)16(12(2)3)25-18(28)15-10-8-11-27(15)19(29)17(13(4)5)26-20(30)31-6/h12-17H,8,10-11H2,1-6H3,(H,25,28)(H,26,30)/t14-,15+,16+,17+/m1/s1. The molecule has 1 aliphatic heterocycles. The summed E-state index contributed by atoms with van der Waals surface area (Å²) in [5.41, 5.74) is 0. The Bertz CT molecular complexity index is 713. The van der Waals surface area contributed by atoms with Crippen LogP contribution in [0.3, 0.4) is 0 Å². The van der Waals surface area contributed by atoms with Crippen LogP contribution in [0.4, 0.5) is 18.0 Å². The Morgan fingerprint density at radius 1 is 1.10 bits per heavy atom. The van der Waals surface area contributed by atoms with Crippen LogP contribution in [0.25, 0.3) is 0 Å². The van der Waals surface area contributed by atoms with Crippen molar-refractivity contribution in [3.8, 4) is 11.8 Å². The number of hydrogen-bond donors (Lipinski definition) is 2. The summed E-state index contributed by atoms with van der Waals surface area (Å²) in [5, 5.41) is 4.95. The second kappa shape index (κ2) is 11.3. The Hall–Kier alpha value is -2.44. The van der Waals surface area contributed by atoms with Gasteiger partial charge in [-0.2, -0.15) is 13.2 Å². The minimum Gasteiger partial charge on any atom is -0.453 e. The van der Waals surface area contributed by atoms with Crippen LogP contribution in [-0.2, 0) is 14.3 Å². The van der Waals surface area contributed by atoms with Gasteiger partial charge in [-0.3, -0.25) is 9.59 Å². The van der Waals surface area contributed by atoms with Gasteiger partial charge in [0.05, 0.1) is 13.2 Å². The van der Waals surface area contributed by atoms with E-state index >= 15 is 0 Å². The van der Waals surface area contributed by atoms with E-state index in [9.17, 15) is 27.6 Å². The molecule has 1 aliphatic rings. The van der Waals surface area contributed by atoms with Crippen molar-refractivity contribution in [1.82, 2.24) is 15.5 Å². The molecule has 3 amide bonds. The number of rotatable bonds is 7. The van der Waals surface area contributed by atoms with E-state index in [1.165, 1.54) is 18.9 Å². The minimum atomic E-state index is -4.61. The van der Waals surface area contributed by atoms with Crippen LogP contribution >= 0.6 is 0 Å². The van der Waals surface area contributed by atoms with Crippen molar-refractivity contribution in [3.63, 3.8) is 0 Å². The lowest BCUT2D eigenvalue weighted by molar-refractivity contribution is -0.170. The molecule has 31 heavy (non-hydrogen) atoms. The summed E-state index contributed by atoms with van der Waals surface area (Å²) in [6.45, 7) is 8.20. The van der Waals surface area contributed by atoms with Gasteiger partial charge in [-0.05, 0) is 31.6 Å². The van der Waals surface area contributed by atoms with Crippen LogP contribution in [0, 0.1) is 29.6 Å². The molecule has 0 radical (unpaired) electrons. The Kier molecular flexibility index (Phi) is 9.66. The topological polar surface area (TPSA) is 87.7 Å². The van der Waals surface area contributed by atoms with Crippen molar-refractivity contribution in [2.75, 3.05) is 13.7 Å². The minimum absolute atomic E-state index is 0.271. The maximum atomic E-state index is 13.5. The molecule has 2 N–H and O–H groups in total. The lowest BCUT2D eigenvalue weighted by atomic mass is 9.89. The van der Waals surface area contributed by atoms with Crippen LogP contribution in [0.2, 0.25) is 0 Å². The molecule has 4 atom stereocenters. The summed E-state index contributed by atoms with van der Waals surface area (Å²) in [6.07, 6.45) is -4.54. The zero-order valence-electron chi connectivity index (χ0n) is 18.8. The SMILES string of the molecule is CC#C[C@H]([C@@H](NC(=O)[C@@H]1CCCN1C(=O)[C@@H](NC(=O)OC)C(C)C)C(C)C)C(F)(F)F. The fourth-order valence-electron chi connectivity index (χ4n) is 3.61. The lowest BCUT2D eigenvalue weighted by Gasteiger charge is -2.33. The highest BCUT2D eigenvalue weighted by Gasteiger charge is 2.47. The molecule has 7 nitrogen and oxygen atoms in total. The fraction of sp³-hybridized carbons (Fsp3) is 0.762. The summed E-state index contributed by atoms with van der Waals surface area (Å²) in [4.78, 5) is 38.9. The van der Waals surface area contributed by atoms with Crippen molar-refractivity contribution >= 4 is 17.9 Å². The van der Waals surface area contributed by atoms with Gasteiger partial charge < -0.3 is 20.3 Å². The normalized spacial score (nSPS) is 19.3. The van der Waals surface area contributed by atoms with Gasteiger partial charge in [-0.1, -0.05) is 33.6 Å². The number of nitrogens with zero attached hydrogens (tertiary/aromatic N) is 1. The predicted octanol–water partition coefficient (Wildman–Crippen LogP) is 2.70. The Labute approximate surface area is 181 Å². The first-order valence-electron chi connectivity index (χ1n) is 10.3. The summed E-state index contributed by atoms with van der Waals surface area (Å²) >= 11 is 0. The average molecular weight is 447 g/mol. The van der Waals surface area contributed by atoms with Gasteiger partial charge in [0, 0.05) is 6.54 Å². The van der Waals surface area contributed by atoms with E-state index in [2.05, 4.69) is 27.2 Å². The molecule has 0 saturated carbocycles. The van der Waals surface area contributed by atoms with E-state index in [1.54, 1.807) is 27.7 Å². The first kappa shape index (κ1) is 26.6. The number of carbonyl (C=O) groups is 3. The molecule has 1 heterocycles. The van der Waals surface area contributed by atoms with Crippen LogP contribution < -0.4 is 10.6 Å². The second-order valence-corrected chi connectivity index (χ2v) is 8.24. The Balaban J connectivity index is 3.08. The van der Waals surface area contributed by atoms with Crippen molar-refractivity contribution in [3.05, 3.63) is 0 Å². The van der Waals surface area contributed by atoms with Gasteiger partial charge in [-0.15, -0.1) is 5.92 Å². The molecule has 0 spiro atoms. The van der Waals surface area contributed by atoms with Crippen molar-refractivity contribution < 1.29 is 32.3 Å². The van der Waals surface area contributed by atoms with Gasteiger partial charge >= 0.3 is 12.3 Å². The molecular formula is C21H32F3N3O4. The van der Waals surface area contributed by atoms with Crippen molar-refractivity contribution in [2.45, 2.75) is 71.8 Å². The molecule has 10 heteroatoms. The van der Waals surface area contributed by atoms with Gasteiger partial charge in [0.25, 0.3) is 0 Å². The highest BCUT2D eigenvalue weighted by molar-refractivity contribution is 5.92. The zero-order chi connectivity index (χ0) is 23.9. The summed E-state index contributed by atoms with van der Waals surface area (Å²) in [5.74, 6) is 0.492. The molecule has 1 fully saturated rings. The summed E-state index contributed by atoms with van der Waals surface area (Å²) < 4.78 is 45.1. The molecule has 0 aromatic carbocycles. The monoisotopic (exact) mass is 447 g/mol. The number of halogens is 3. The summed E-state index contributed by atoms with van der Waals surface area (Å²) in [6, 6.07) is -3.10. The maximum Gasteiger partial charge on any atom is 0.407 e. The molecule has 0 unspecified atom stereocenters. The van der Waals surface area contributed by atoms with Crippen molar-refractivity contribution in [2.24, 2.45) is 17.8 Å². The van der Waals surface area contributed by atoms with E-state index in [0.29, 0.717) is 12.8 Å². The molecule has 0 aromatic rings. The highest BCUT2D eigenvalue weighted by atomic mass is 19.4. The smallest absolute Gasteiger partial charge is 0.407 e. The van der Waals surface area contributed by atoms with E-state index in [-0.39, 0.29) is 12.5 Å². The van der Waals surface area contributed by atoms with Gasteiger partial charge in [-0.25, -0.2) is 4.79 Å². The van der Waals surface area contributed by atoms with Crippen molar-refractivity contribution in [1.29, 1.82) is 0 Å². The largest absolute Gasteiger partial charge is 0.453 e.